The topological polar surface area (TPSA) is 33.1 Å². The van der Waals surface area contributed by atoms with Gasteiger partial charge >= 0.3 is 0 Å². The van der Waals surface area contributed by atoms with Crippen LogP contribution in [0.15, 0.2) is 0 Å². The van der Waals surface area contributed by atoms with E-state index < -0.39 is 0 Å². The lowest BCUT2D eigenvalue weighted by molar-refractivity contribution is 0.161. The summed E-state index contributed by atoms with van der Waals surface area (Å²) in [6.45, 7) is 10.1. The van der Waals surface area contributed by atoms with Crippen molar-refractivity contribution in [2.45, 2.75) is 46.1 Å². The molecule has 4 heteroatoms. The lowest BCUT2D eigenvalue weighted by Gasteiger charge is -2.35. The second kappa shape index (κ2) is 6.72. The van der Waals surface area contributed by atoms with Gasteiger partial charge in [0.25, 0.3) is 0 Å². The molecular weight excluding hydrogens is 248 g/mol. The Morgan fingerprint density at radius 3 is 2.60 bits per heavy atom. The van der Waals surface area contributed by atoms with E-state index in [1.165, 1.54) is 42.8 Å². The Morgan fingerprint density at radius 1 is 1.30 bits per heavy atom. The highest BCUT2D eigenvalue weighted by Gasteiger charge is 2.33. The molecule has 1 fully saturated rings. The van der Waals surface area contributed by atoms with E-state index in [-0.39, 0.29) is 0 Å². The van der Waals surface area contributed by atoms with Crippen LogP contribution in [0.3, 0.4) is 0 Å². The van der Waals surface area contributed by atoms with Crippen LogP contribution in [0.4, 0.5) is 0 Å². The number of nitrogens with one attached hydrogen (secondary N) is 1. The van der Waals surface area contributed by atoms with Crippen LogP contribution in [0.2, 0.25) is 0 Å². The summed E-state index contributed by atoms with van der Waals surface area (Å²) in [4.78, 5) is 2.66. The molecule has 0 aromatic carbocycles. The zero-order valence-corrected chi connectivity index (χ0v) is 13.7. The molecule has 2 atom stereocenters. The Hall–Kier alpha value is -0.870. The Kier molecular flexibility index (Phi) is 5.22. The molecule has 1 aromatic rings. The molecule has 1 aliphatic rings. The highest BCUT2D eigenvalue weighted by atomic mass is 15.3. The van der Waals surface area contributed by atoms with E-state index in [9.17, 15) is 0 Å². The van der Waals surface area contributed by atoms with Crippen LogP contribution in [0.1, 0.15) is 49.2 Å². The first kappa shape index (κ1) is 15.5. The maximum atomic E-state index is 4.65. The van der Waals surface area contributed by atoms with Gasteiger partial charge in [0.1, 0.15) is 0 Å². The fraction of sp³-hybridized carbons (Fsp3) is 0.812. The van der Waals surface area contributed by atoms with E-state index in [0.29, 0.717) is 12.0 Å². The molecule has 2 heterocycles. The molecule has 4 nitrogen and oxygen atoms in total. The molecule has 1 N–H and O–H groups in total. The first-order valence-corrected chi connectivity index (χ1v) is 7.98. The molecule has 114 valence electrons. The normalized spacial score (nSPS) is 24.9. The average Bonchev–Trinajstić information content (AvgIpc) is 2.59. The van der Waals surface area contributed by atoms with E-state index in [2.05, 4.69) is 50.2 Å². The van der Waals surface area contributed by atoms with Crippen molar-refractivity contribution in [2.75, 3.05) is 26.7 Å². The maximum Gasteiger partial charge on any atom is 0.0644 e. The maximum absolute atomic E-state index is 4.65. The summed E-state index contributed by atoms with van der Waals surface area (Å²) in [5.41, 5.74) is 4.00. The molecular formula is C16H30N4. The van der Waals surface area contributed by atoms with Crippen molar-refractivity contribution in [1.82, 2.24) is 20.0 Å². The van der Waals surface area contributed by atoms with E-state index >= 15 is 0 Å². The minimum atomic E-state index is 0.517. The molecule has 0 amide bonds. The summed E-state index contributed by atoms with van der Waals surface area (Å²) >= 11 is 0. The van der Waals surface area contributed by atoms with Gasteiger partial charge in [-0.1, -0.05) is 13.3 Å². The highest BCUT2D eigenvalue weighted by molar-refractivity contribution is 5.29. The van der Waals surface area contributed by atoms with Gasteiger partial charge in [-0.15, -0.1) is 0 Å². The van der Waals surface area contributed by atoms with Gasteiger partial charge in [0.15, 0.2) is 0 Å². The number of likely N-dealkylation sites (tertiary alicyclic amines) is 1. The monoisotopic (exact) mass is 278 g/mol. The highest BCUT2D eigenvalue weighted by Crippen LogP contribution is 2.37. The van der Waals surface area contributed by atoms with Crippen molar-refractivity contribution in [3.05, 3.63) is 17.0 Å². The summed E-state index contributed by atoms with van der Waals surface area (Å²) < 4.78 is 2.04. The van der Waals surface area contributed by atoms with Gasteiger partial charge in [-0.3, -0.25) is 9.58 Å². The first-order valence-electron chi connectivity index (χ1n) is 7.98. The third kappa shape index (κ3) is 2.91. The standard InChI is InChI=1S/C16H30N4/c1-6-20-10-8-7-9-14(11-17-4)16(20)15-12(2)18-19(5)13(15)3/h14,16-17H,6-11H2,1-5H3. The van der Waals surface area contributed by atoms with E-state index in [0.717, 1.165) is 13.1 Å². The summed E-state index contributed by atoms with van der Waals surface area (Å²) in [7, 11) is 4.13. The van der Waals surface area contributed by atoms with Crippen LogP contribution >= 0.6 is 0 Å². The quantitative estimate of drug-likeness (QED) is 0.918. The van der Waals surface area contributed by atoms with Crippen LogP contribution < -0.4 is 5.32 Å². The van der Waals surface area contributed by atoms with E-state index in [4.69, 9.17) is 0 Å². The molecule has 0 radical (unpaired) electrons. The third-order valence-electron chi connectivity index (χ3n) is 4.84. The number of aromatic nitrogens is 2. The summed E-state index contributed by atoms with van der Waals surface area (Å²) in [5.74, 6) is 0.684. The van der Waals surface area contributed by atoms with Crippen molar-refractivity contribution in [2.24, 2.45) is 13.0 Å². The van der Waals surface area contributed by atoms with Crippen molar-refractivity contribution < 1.29 is 0 Å². The number of hydrogen-bond acceptors (Lipinski definition) is 3. The number of rotatable bonds is 4. The van der Waals surface area contributed by atoms with Crippen LogP contribution in [0, 0.1) is 19.8 Å². The molecule has 2 unspecified atom stereocenters. The number of aryl methyl sites for hydroxylation is 2. The smallest absolute Gasteiger partial charge is 0.0644 e. The lowest BCUT2D eigenvalue weighted by Crippen LogP contribution is -2.37. The van der Waals surface area contributed by atoms with Gasteiger partial charge in [0.2, 0.25) is 0 Å². The van der Waals surface area contributed by atoms with E-state index in [1.807, 2.05) is 4.68 Å². The number of nitrogens with zero attached hydrogens (tertiary/aromatic N) is 3. The van der Waals surface area contributed by atoms with Crippen LogP contribution in [0.5, 0.6) is 0 Å². The SMILES string of the molecule is CCN1CCCCC(CNC)C1c1c(C)nn(C)c1C. The second-order valence-corrected chi connectivity index (χ2v) is 6.10. The molecule has 1 aliphatic heterocycles. The first-order chi connectivity index (χ1) is 9.60. The van der Waals surface area contributed by atoms with Gasteiger partial charge in [-0.05, 0) is 59.3 Å². The Labute approximate surface area is 123 Å². The molecule has 1 saturated heterocycles. The molecule has 2 rings (SSSR count). The molecule has 0 saturated carbocycles. The fourth-order valence-electron chi connectivity index (χ4n) is 3.78. The molecule has 1 aromatic heterocycles. The molecule has 20 heavy (non-hydrogen) atoms. The zero-order chi connectivity index (χ0) is 14.7. The van der Waals surface area contributed by atoms with Gasteiger partial charge in [0, 0.05) is 24.3 Å². The van der Waals surface area contributed by atoms with Gasteiger partial charge in [-0.2, -0.15) is 5.10 Å². The second-order valence-electron chi connectivity index (χ2n) is 6.10. The summed E-state index contributed by atoms with van der Waals surface area (Å²) in [6.07, 6.45) is 3.98. The van der Waals surface area contributed by atoms with E-state index in [1.54, 1.807) is 0 Å². The number of hydrogen-bond donors (Lipinski definition) is 1. The third-order valence-corrected chi connectivity index (χ3v) is 4.84. The van der Waals surface area contributed by atoms with Gasteiger partial charge < -0.3 is 5.32 Å². The van der Waals surface area contributed by atoms with Gasteiger partial charge in [0.05, 0.1) is 5.69 Å². The predicted molar refractivity (Wildman–Crippen MR) is 83.9 cm³/mol. The summed E-state index contributed by atoms with van der Waals surface area (Å²) in [5, 5.41) is 8.05. The van der Waals surface area contributed by atoms with Crippen molar-refractivity contribution in [3.63, 3.8) is 0 Å². The summed E-state index contributed by atoms with van der Waals surface area (Å²) in [6, 6.07) is 0.517. The largest absolute Gasteiger partial charge is 0.319 e. The van der Waals surface area contributed by atoms with Crippen molar-refractivity contribution in [3.8, 4) is 0 Å². The molecule has 0 spiro atoms. The predicted octanol–water partition coefficient (Wildman–Crippen LogP) is 2.42. The molecule has 0 bridgehead atoms. The lowest BCUT2D eigenvalue weighted by atomic mass is 9.88. The van der Waals surface area contributed by atoms with Crippen LogP contribution in [-0.4, -0.2) is 41.4 Å². The Morgan fingerprint density at radius 2 is 2.05 bits per heavy atom. The molecule has 0 aliphatic carbocycles. The van der Waals surface area contributed by atoms with Crippen molar-refractivity contribution in [1.29, 1.82) is 0 Å². The van der Waals surface area contributed by atoms with Crippen LogP contribution in [0.25, 0.3) is 0 Å². The fourth-order valence-corrected chi connectivity index (χ4v) is 3.78. The minimum Gasteiger partial charge on any atom is -0.319 e. The average molecular weight is 278 g/mol. The van der Waals surface area contributed by atoms with Crippen LogP contribution in [-0.2, 0) is 7.05 Å². The zero-order valence-electron chi connectivity index (χ0n) is 13.7. The van der Waals surface area contributed by atoms with Gasteiger partial charge in [-0.25, -0.2) is 0 Å². The Bertz CT molecular complexity index is 438. The minimum absolute atomic E-state index is 0.517. The van der Waals surface area contributed by atoms with Crippen molar-refractivity contribution >= 4 is 0 Å². The Balaban J connectivity index is 2.43.